The summed E-state index contributed by atoms with van der Waals surface area (Å²) in [5, 5.41) is 3.03. The van der Waals surface area contributed by atoms with E-state index in [4.69, 9.17) is 0 Å². The molecule has 3 aromatic rings. The Kier molecular flexibility index (Phi) is 8.52. The monoisotopic (exact) mass is 585 g/mol. The van der Waals surface area contributed by atoms with Gasteiger partial charge in [-0.15, -0.1) is 0 Å². The maximum atomic E-state index is 15.1. The van der Waals surface area contributed by atoms with Crippen LogP contribution in [-0.2, 0) is 4.79 Å². The highest BCUT2D eigenvalue weighted by atomic mass is 19.4. The molecule has 1 aliphatic heterocycles. The van der Waals surface area contributed by atoms with E-state index in [0.717, 1.165) is 4.90 Å². The molecule has 0 spiro atoms. The molecule has 1 N–H and O–H groups in total. The van der Waals surface area contributed by atoms with Gasteiger partial charge in [0.2, 0.25) is 5.91 Å². The number of nitrogens with zero attached hydrogens (tertiary/aromatic N) is 2. The molecule has 1 atom stereocenters. The Morgan fingerprint density at radius 2 is 1.64 bits per heavy atom. The van der Waals surface area contributed by atoms with Crippen molar-refractivity contribution in [3.8, 4) is 11.1 Å². The maximum Gasteiger partial charge on any atom is 0.406 e. The predicted octanol–water partition coefficient (Wildman–Crippen LogP) is 6.67. The molecule has 222 valence electrons. The average Bonchev–Trinajstić information content (AvgIpc) is 3.28. The zero-order valence-corrected chi connectivity index (χ0v) is 23.2. The fraction of sp³-hybridized carbons (Fsp3) is 0.375. The smallest absolute Gasteiger partial charge is 0.371 e. The second-order valence-corrected chi connectivity index (χ2v) is 10.9. The van der Waals surface area contributed by atoms with E-state index < -0.39 is 36.2 Å². The molecular weight excluding hydrogens is 553 g/mol. The number of piperidine rings is 1. The Hall–Kier alpha value is -3.95. The lowest BCUT2D eigenvalue weighted by Crippen LogP contribution is -2.45. The molecule has 2 aliphatic rings. The number of alkyl halides is 3. The number of halogens is 5. The number of rotatable bonds is 8. The van der Waals surface area contributed by atoms with Gasteiger partial charge < -0.3 is 15.1 Å². The van der Waals surface area contributed by atoms with Crippen LogP contribution in [0.4, 0.5) is 27.6 Å². The number of carbonyl (C=O) groups is 2. The number of nitrogens with one attached hydrogen (secondary N) is 1. The number of carbonyl (C=O) groups excluding carboxylic acids is 2. The first kappa shape index (κ1) is 29.5. The van der Waals surface area contributed by atoms with Gasteiger partial charge in [0, 0.05) is 42.5 Å². The number of hydrogen-bond donors (Lipinski definition) is 1. The van der Waals surface area contributed by atoms with Gasteiger partial charge in [-0.3, -0.25) is 9.59 Å². The van der Waals surface area contributed by atoms with Crippen molar-refractivity contribution in [2.75, 3.05) is 31.1 Å². The van der Waals surface area contributed by atoms with Gasteiger partial charge in [-0.1, -0.05) is 37.6 Å². The number of benzene rings is 3. The second-order valence-electron chi connectivity index (χ2n) is 10.9. The molecule has 42 heavy (non-hydrogen) atoms. The first-order chi connectivity index (χ1) is 20.1. The van der Waals surface area contributed by atoms with Gasteiger partial charge in [0.05, 0.1) is 5.92 Å². The molecule has 1 unspecified atom stereocenters. The van der Waals surface area contributed by atoms with Gasteiger partial charge in [0.25, 0.3) is 5.91 Å². The summed E-state index contributed by atoms with van der Waals surface area (Å²) in [6, 6.07) is 15.0. The van der Waals surface area contributed by atoms with Crippen LogP contribution in [0.5, 0.6) is 0 Å². The number of hydrogen-bond acceptors (Lipinski definition) is 3. The highest BCUT2D eigenvalue weighted by molar-refractivity contribution is 5.99. The Bertz CT molecular complexity index is 1450. The summed E-state index contributed by atoms with van der Waals surface area (Å²) in [5.41, 5.74) is 2.29. The summed E-state index contributed by atoms with van der Waals surface area (Å²) in [6.07, 6.45) is -2.54. The van der Waals surface area contributed by atoms with E-state index >= 15 is 4.39 Å². The minimum Gasteiger partial charge on any atom is -0.371 e. The largest absolute Gasteiger partial charge is 0.406 e. The highest BCUT2D eigenvalue weighted by Gasteiger charge is 2.42. The van der Waals surface area contributed by atoms with Crippen LogP contribution in [-0.4, -0.2) is 55.1 Å². The van der Waals surface area contributed by atoms with Crippen LogP contribution >= 0.6 is 0 Å². The number of anilines is 1. The van der Waals surface area contributed by atoms with Crippen molar-refractivity contribution in [3.63, 3.8) is 0 Å². The van der Waals surface area contributed by atoms with Crippen LogP contribution in [0.25, 0.3) is 11.1 Å². The summed E-state index contributed by atoms with van der Waals surface area (Å²) in [7, 11) is 0. The van der Waals surface area contributed by atoms with Crippen LogP contribution in [0.15, 0.2) is 60.7 Å². The zero-order chi connectivity index (χ0) is 30.0. The molecule has 2 amide bonds. The zero-order valence-electron chi connectivity index (χ0n) is 23.2. The molecule has 0 radical (unpaired) electrons. The lowest BCUT2D eigenvalue weighted by molar-refractivity contribution is -0.161. The van der Waals surface area contributed by atoms with Crippen molar-refractivity contribution in [2.24, 2.45) is 0 Å². The van der Waals surface area contributed by atoms with Crippen LogP contribution in [0.2, 0.25) is 0 Å². The average molecular weight is 586 g/mol. The summed E-state index contributed by atoms with van der Waals surface area (Å²) < 4.78 is 70.1. The van der Waals surface area contributed by atoms with Crippen LogP contribution in [0, 0.1) is 11.6 Å². The third kappa shape index (κ3) is 6.27. The topological polar surface area (TPSA) is 52.7 Å². The van der Waals surface area contributed by atoms with E-state index in [1.54, 1.807) is 24.3 Å². The first-order valence-corrected chi connectivity index (χ1v) is 14.2. The first-order valence-electron chi connectivity index (χ1n) is 14.2. The summed E-state index contributed by atoms with van der Waals surface area (Å²) in [6.45, 7) is 1.18. The number of fused-ring (bicyclic) bond motifs is 3. The maximum absolute atomic E-state index is 15.1. The lowest BCUT2D eigenvalue weighted by Gasteiger charge is -2.36. The van der Waals surface area contributed by atoms with Crippen molar-refractivity contribution in [1.82, 2.24) is 10.2 Å². The van der Waals surface area contributed by atoms with Crippen molar-refractivity contribution in [2.45, 2.75) is 50.7 Å². The van der Waals surface area contributed by atoms with Gasteiger partial charge in [-0.2, -0.15) is 13.2 Å². The van der Waals surface area contributed by atoms with Crippen molar-refractivity contribution in [3.05, 3.63) is 89.0 Å². The minimum absolute atomic E-state index is 0.0831. The van der Waals surface area contributed by atoms with Gasteiger partial charge in [0.1, 0.15) is 18.2 Å². The summed E-state index contributed by atoms with van der Waals surface area (Å²) >= 11 is 0. The molecule has 0 aromatic heterocycles. The van der Waals surface area contributed by atoms with Crippen LogP contribution in [0.1, 0.15) is 60.0 Å². The molecule has 0 bridgehead atoms. The molecule has 0 saturated carbocycles. The molecular formula is C32H32F5N3O2. The predicted molar refractivity (Wildman–Crippen MR) is 150 cm³/mol. The van der Waals surface area contributed by atoms with Crippen molar-refractivity contribution in [1.29, 1.82) is 0 Å². The Labute approximate surface area is 241 Å². The third-order valence-electron chi connectivity index (χ3n) is 7.95. The van der Waals surface area contributed by atoms with E-state index in [1.165, 1.54) is 30.3 Å². The second kappa shape index (κ2) is 12.1. The quantitative estimate of drug-likeness (QED) is 0.301. The molecule has 5 rings (SSSR count). The summed E-state index contributed by atoms with van der Waals surface area (Å²) in [5.74, 6) is -3.26. The fourth-order valence-corrected chi connectivity index (χ4v) is 5.96. The van der Waals surface area contributed by atoms with Crippen molar-refractivity contribution >= 4 is 17.5 Å². The molecule has 1 fully saturated rings. The Balaban J connectivity index is 1.47. The van der Waals surface area contributed by atoms with E-state index in [1.807, 2.05) is 17.9 Å². The Morgan fingerprint density at radius 3 is 2.31 bits per heavy atom. The normalized spacial score (nSPS) is 16.6. The standard InChI is InChI=1S/C32H32F5N3O2/c1-2-3-13-40(19-32(35,36)37)31(42)29-24-10-9-21(33)16-25(24)26-17-22(34)18-27(28(26)29)39-14-11-23(12-15-39)38-30(41)20-7-5-4-6-8-20/h4-10,16-18,23,29H,2-3,11-15,19H2,1H3,(H,38,41). The van der Waals surface area contributed by atoms with E-state index in [2.05, 4.69) is 5.32 Å². The SMILES string of the molecule is CCCCN(CC(F)(F)F)C(=O)C1c2ccc(F)cc2-c2cc(F)cc(N3CCC(NC(=O)c4ccccc4)CC3)c21. The van der Waals surface area contributed by atoms with Gasteiger partial charge in [-0.25, -0.2) is 8.78 Å². The summed E-state index contributed by atoms with van der Waals surface area (Å²) in [4.78, 5) is 29.3. The fourth-order valence-electron chi connectivity index (χ4n) is 5.96. The number of amides is 2. The molecule has 1 heterocycles. The van der Waals surface area contributed by atoms with E-state index in [-0.39, 0.29) is 18.5 Å². The Morgan fingerprint density at radius 1 is 0.952 bits per heavy atom. The molecule has 3 aromatic carbocycles. The molecule has 10 heteroatoms. The van der Waals surface area contributed by atoms with E-state index in [9.17, 15) is 27.2 Å². The molecule has 1 aliphatic carbocycles. The van der Waals surface area contributed by atoms with Crippen LogP contribution in [0.3, 0.4) is 0 Å². The molecule has 5 nitrogen and oxygen atoms in total. The molecule has 1 saturated heterocycles. The lowest BCUT2D eigenvalue weighted by atomic mass is 9.92. The minimum atomic E-state index is -4.60. The van der Waals surface area contributed by atoms with Gasteiger partial charge in [0.15, 0.2) is 0 Å². The van der Waals surface area contributed by atoms with Gasteiger partial charge >= 0.3 is 6.18 Å². The van der Waals surface area contributed by atoms with E-state index in [0.29, 0.717) is 72.3 Å². The van der Waals surface area contributed by atoms with Crippen LogP contribution < -0.4 is 10.2 Å². The van der Waals surface area contributed by atoms with Gasteiger partial charge in [-0.05, 0) is 72.4 Å². The number of unbranched alkanes of at least 4 members (excludes halogenated alkanes) is 1. The van der Waals surface area contributed by atoms with Crippen molar-refractivity contribution < 1.29 is 31.5 Å². The third-order valence-corrected chi connectivity index (χ3v) is 7.95. The highest BCUT2D eigenvalue weighted by Crippen LogP contribution is 2.50.